The summed E-state index contributed by atoms with van der Waals surface area (Å²) in [4.78, 5) is 0. The van der Waals surface area contributed by atoms with Crippen molar-refractivity contribution in [3.63, 3.8) is 0 Å². The number of fused-ring (bicyclic) bond motifs is 1. The molecule has 0 heterocycles. The number of hydrogen-bond donors (Lipinski definition) is 1. The van der Waals surface area contributed by atoms with Gasteiger partial charge in [0.2, 0.25) is 0 Å². The van der Waals surface area contributed by atoms with Crippen LogP contribution in [0, 0.1) is 0 Å². The Morgan fingerprint density at radius 3 is 2.73 bits per heavy atom. The summed E-state index contributed by atoms with van der Waals surface area (Å²) in [5.41, 5.74) is 4.61. The van der Waals surface area contributed by atoms with Gasteiger partial charge in [0.15, 0.2) is 0 Å². The van der Waals surface area contributed by atoms with Gasteiger partial charge in [-0.3, -0.25) is 0 Å². The Balaban J connectivity index is 2.24. The molecular weight excluding hydrogens is 182 g/mol. The van der Waals surface area contributed by atoms with E-state index >= 15 is 0 Å². The fraction of sp³-hybridized carbons (Fsp3) is 0.571. The average Bonchev–Trinajstić information content (AvgIpc) is 2.27. The van der Waals surface area contributed by atoms with Crippen LogP contribution in [0.3, 0.4) is 0 Å². The number of hydrogen-bond acceptors (Lipinski definition) is 1. The lowest BCUT2D eigenvalue weighted by molar-refractivity contribution is 0.496. The molecule has 0 radical (unpaired) electrons. The van der Waals surface area contributed by atoms with Gasteiger partial charge in [-0.2, -0.15) is 0 Å². The Kier molecular flexibility index (Phi) is 3.11. The molecule has 0 aromatic heterocycles. The molecule has 1 aromatic rings. The van der Waals surface area contributed by atoms with Crippen molar-refractivity contribution in [1.29, 1.82) is 0 Å². The second-order valence-electron chi connectivity index (χ2n) is 4.91. The maximum Gasteiger partial charge on any atom is 0.0108 e. The monoisotopic (exact) mass is 203 g/mol. The van der Waals surface area contributed by atoms with Crippen LogP contribution >= 0.6 is 0 Å². The minimum Gasteiger partial charge on any atom is -0.317 e. The highest BCUT2D eigenvalue weighted by molar-refractivity contribution is 5.35. The molecule has 1 aliphatic rings. The molecule has 1 aromatic carbocycles. The summed E-state index contributed by atoms with van der Waals surface area (Å²) in [6, 6.07) is 7.71. The molecule has 0 bridgehead atoms. The summed E-state index contributed by atoms with van der Waals surface area (Å²) in [5.74, 6) is 0.650. The van der Waals surface area contributed by atoms with Crippen molar-refractivity contribution in [3.05, 3.63) is 34.9 Å². The molecule has 0 aliphatic heterocycles. The number of likely N-dealkylation sites (N-methyl/N-ethyl adjacent to an activating group) is 1. The Hall–Kier alpha value is -0.820. The predicted molar refractivity (Wildman–Crippen MR) is 65.4 cm³/mol. The highest BCUT2D eigenvalue weighted by atomic mass is 14.9. The van der Waals surface area contributed by atoms with Crippen LogP contribution in [0.5, 0.6) is 0 Å². The highest BCUT2D eigenvalue weighted by Crippen LogP contribution is 2.25. The van der Waals surface area contributed by atoms with Crippen LogP contribution in [0.1, 0.15) is 42.9 Å². The molecule has 2 rings (SSSR count). The Morgan fingerprint density at radius 1 is 1.27 bits per heavy atom. The fourth-order valence-electron chi connectivity index (χ4n) is 2.38. The van der Waals surface area contributed by atoms with Crippen molar-refractivity contribution in [2.75, 3.05) is 7.05 Å². The molecule has 0 spiro atoms. The lowest BCUT2D eigenvalue weighted by Gasteiger charge is -2.25. The highest BCUT2D eigenvalue weighted by Gasteiger charge is 2.17. The second kappa shape index (κ2) is 4.36. The molecule has 1 heteroatoms. The summed E-state index contributed by atoms with van der Waals surface area (Å²) < 4.78 is 0. The van der Waals surface area contributed by atoms with Crippen LogP contribution in [-0.4, -0.2) is 13.1 Å². The first-order valence-electron chi connectivity index (χ1n) is 5.99. The van der Waals surface area contributed by atoms with Gasteiger partial charge in [0.25, 0.3) is 0 Å². The van der Waals surface area contributed by atoms with Gasteiger partial charge in [-0.05, 0) is 48.9 Å². The van der Waals surface area contributed by atoms with Crippen molar-refractivity contribution in [2.45, 2.75) is 45.1 Å². The van der Waals surface area contributed by atoms with Crippen LogP contribution in [0.15, 0.2) is 18.2 Å². The fourth-order valence-corrected chi connectivity index (χ4v) is 2.38. The standard InChI is InChI=1S/C14H21N/c1-10(2)11-4-5-13-9-14(15-3)7-6-12(13)8-11/h4-5,8,10,14-15H,6-7,9H2,1-3H3. The maximum absolute atomic E-state index is 3.38. The van der Waals surface area contributed by atoms with Crippen LogP contribution in [-0.2, 0) is 12.8 Å². The SMILES string of the molecule is CNC1CCc2cc(C(C)C)ccc2C1. The van der Waals surface area contributed by atoms with Crippen molar-refractivity contribution in [2.24, 2.45) is 0 Å². The molecule has 0 saturated carbocycles. The largest absolute Gasteiger partial charge is 0.317 e. The molecule has 1 nitrogen and oxygen atoms in total. The van der Waals surface area contributed by atoms with E-state index in [0.29, 0.717) is 12.0 Å². The summed E-state index contributed by atoms with van der Waals surface area (Å²) in [6.45, 7) is 4.53. The second-order valence-corrected chi connectivity index (χ2v) is 4.91. The van der Waals surface area contributed by atoms with Crippen molar-refractivity contribution in [1.82, 2.24) is 5.32 Å². The topological polar surface area (TPSA) is 12.0 Å². The summed E-state index contributed by atoms with van der Waals surface area (Å²) >= 11 is 0. The van der Waals surface area contributed by atoms with E-state index in [0.717, 1.165) is 0 Å². The van der Waals surface area contributed by atoms with Crippen molar-refractivity contribution in [3.8, 4) is 0 Å². The van der Waals surface area contributed by atoms with Gasteiger partial charge in [0.05, 0.1) is 0 Å². The van der Waals surface area contributed by atoms with Gasteiger partial charge in [-0.15, -0.1) is 0 Å². The van der Waals surface area contributed by atoms with Gasteiger partial charge in [0.1, 0.15) is 0 Å². The van der Waals surface area contributed by atoms with Crippen LogP contribution in [0.2, 0.25) is 0 Å². The van der Waals surface area contributed by atoms with Gasteiger partial charge in [0, 0.05) is 6.04 Å². The van der Waals surface area contributed by atoms with E-state index in [1.54, 1.807) is 11.1 Å². The molecule has 1 unspecified atom stereocenters. The maximum atomic E-state index is 3.38. The quantitative estimate of drug-likeness (QED) is 0.779. The van der Waals surface area contributed by atoms with E-state index < -0.39 is 0 Å². The molecule has 1 aliphatic carbocycles. The molecule has 0 fully saturated rings. The first kappa shape index (κ1) is 10.7. The number of rotatable bonds is 2. The molecule has 1 atom stereocenters. The normalized spacial score (nSPS) is 20.4. The Bertz CT molecular complexity index is 341. The Labute approximate surface area is 92.9 Å². The lowest BCUT2D eigenvalue weighted by atomic mass is 9.86. The van der Waals surface area contributed by atoms with E-state index in [2.05, 4.69) is 44.4 Å². The zero-order chi connectivity index (χ0) is 10.8. The van der Waals surface area contributed by atoms with Gasteiger partial charge in [-0.25, -0.2) is 0 Å². The minimum atomic E-state index is 0.650. The van der Waals surface area contributed by atoms with Crippen molar-refractivity contribution < 1.29 is 0 Å². The predicted octanol–water partition coefficient (Wildman–Crippen LogP) is 2.89. The molecular formula is C14H21N. The number of aryl methyl sites for hydroxylation is 1. The molecule has 0 saturated heterocycles. The summed E-state index contributed by atoms with van der Waals surface area (Å²) in [7, 11) is 2.07. The van der Waals surface area contributed by atoms with E-state index in [1.807, 2.05) is 0 Å². The molecule has 82 valence electrons. The van der Waals surface area contributed by atoms with Crippen molar-refractivity contribution >= 4 is 0 Å². The van der Waals surface area contributed by atoms with E-state index in [-0.39, 0.29) is 0 Å². The molecule has 15 heavy (non-hydrogen) atoms. The van der Waals surface area contributed by atoms with Crippen LogP contribution < -0.4 is 5.32 Å². The third-order valence-electron chi connectivity index (χ3n) is 3.53. The molecule has 1 N–H and O–H groups in total. The van der Waals surface area contributed by atoms with E-state index in [9.17, 15) is 0 Å². The van der Waals surface area contributed by atoms with Crippen LogP contribution in [0.25, 0.3) is 0 Å². The van der Waals surface area contributed by atoms with Gasteiger partial charge < -0.3 is 5.32 Å². The van der Waals surface area contributed by atoms with E-state index in [4.69, 9.17) is 0 Å². The lowest BCUT2D eigenvalue weighted by Crippen LogP contribution is -2.31. The summed E-state index contributed by atoms with van der Waals surface area (Å²) in [5, 5.41) is 3.38. The number of benzene rings is 1. The van der Waals surface area contributed by atoms with Crippen LogP contribution in [0.4, 0.5) is 0 Å². The average molecular weight is 203 g/mol. The zero-order valence-corrected chi connectivity index (χ0v) is 10.0. The first-order valence-corrected chi connectivity index (χ1v) is 5.99. The first-order chi connectivity index (χ1) is 7.20. The van der Waals surface area contributed by atoms with E-state index in [1.165, 1.54) is 24.8 Å². The van der Waals surface area contributed by atoms with Gasteiger partial charge >= 0.3 is 0 Å². The number of nitrogens with one attached hydrogen (secondary N) is 1. The molecule has 0 amide bonds. The van der Waals surface area contributed by atoms with Gasteiger partial charge in [-0.1, -0.05) is 32.0 Å². The summed E-state index contributed by atoms with van der Waals surface area (Å²) in [6.07, 6.45) is 3.72. The minimum absolute atomic E-state index is 0.650. The third-order valence-corrected chi connectivity index (χ3v) is 3.53. The Morgan fingerprint density at radius 2 is 2.07 bits per heavy atom. The third kappa shape index (κ3) is 2.23. The zero-order valence-electron chi connectivity index (χ0n) is 10.0. The smallest absolute Gasteiger partial charge is 0.0108 e.